The van der Waals surface area contributed by atoms with Gasteiger partial charge < -0.3 is 0 Å². The molecule has 0 aromatic rings. The molecule has 0 saturated heterocycles. The maximum Gasteiger partial charge on any atom is 0.460 e. The van der Waals surface area contributed by atoms with Gasteiger partial charge in [0.2, 0.25) is 11.5 Å². The van der Waals surface area contributed by atoms with Crippen molar-refractivity contribution in [2.75, 3.05) is 0 Å². The topological polar surface area (TPSA) is 46.5 Å². The van der Waals surface area contributed by atoms with Crippen molar-refractivity contribution in [1.82, 2.24) is 0 Å². The molecule has 0 aromatic carbocycles. The van der Waals surface area contributed by atoms with Gasteiger partial charge >= 0.3 is 47.6 Å². The highest BCUT2D eigenvalue weighted by atomic mass is 32.1. The van der Waals surface area contributed by atoms with Crippen LogP contribution in [0.3, 0.4) is 0 Å². The van der Waals surface area contributed by atoms with Gasteiger partial charge in [0.15, 0.2) is 0 Å². The van der Waals surface area contributed by atoms with Crippen LogP contribution in [0.4, 0.5) is 65.9 Å². The number of rotatable bonds is 6. The Kier molecular flexibility index (Phi) is 6.13. The Morgan fingerprint density at radius 2 is 0.852 bits per heavy atom. The quantitative estimate of drug-likeness (QED) is 0.557. The Bertz CT molecular complexity index is 647. The zero-order chi connectivity index (χ0) is 22.5. The highest BCUT2D eigenvalue weighted by Crippen LogP contribution is 2.62. The zero-order valence-electron chi connectivity index (χ0n) is 11.3. The van der Waals surface area contributed by atoms with E-state index in [1.807, 2.05) is 0 Å². The van der Waals surface area contributed by atoms with Gasteiger partial charge in [0, 0.05) is 0 Å². The van der Waals surface area contributed by atoms with Crippen molar-refractivity contribution in [3.8, 4) is 0 Å². The molecule has 0 rings (SSSR count). The Labute approximate surface area is 139 Å². The fourth-order valence-electron chi connectivity index (χ4n) is 1.19. The van der Waals surface area contributed by atoms with Gasteiger partial charge in [-0.1, -0.05) is 0 Å². The SMILES string of the molecule is O=S=NC(=O)C(F)(F)C(F)(F)C(F)(F)C(F)(F)C(F)(F)C(F)(F)C(F)(F)F. The molecule has 1 amide bonds. The van der Waals surface area contributed by atoms with Crippen LogP contribution in [0.2, 0.25) is 0 Å². The molecule has 160 valence electrons. The lowest BCUT2D eigenvalue weighted by Crippen LogP contribution is -2.73. The van der Waals surface area contributed by atoms with Gasteiger partial charge in [-0.25, -0.2) is 0 Å². The van der Waals surface area contributed by atoms with Crippen LogP contribution in [0, 0.1) is 0 Å². The number of halogens is 15. The predicted molar refractivity (Wildman–Crippen MR) is 51.3 cm³/mol. The smallest absolute Gasteiger partial charge is 0.264 e. The van der Waals surface area contributed by atoms with Crippen LogP contribution in [0.5, 0.6) is 0 Å². The van der Waals surface area contributed by atoms with Crippen molar-refractivity contribution < 1.29 is 74.9 Å². The normalized spacial score (nSPS) is 15.5. The summed E-state index contributed by atoms with van der Waals surface area (Å²) in [6, 6.07) is 0. The fraction of sp³-hybridized carbons (Fsp3) is 0.875. The van der Waals surface area contributed by atoms with Crippen molar-refractivity contribution >= 4 is 17.4 Å². The van der Waals surface area contributed by atoms with Crippen LogP contribution in [0.25, 0.3) is 0 Å². The summed E-state index contributed by atoms with van der Waals surface area (Å²) in [6.45, 7) is 0. The number of carbonyl (C=O) groups is 1. The van der Waals surface area contributed by atoms with Crippen LogP contribution >= 0.6 is 0 Å². The van der Waals surface area contributed by atoms with Crippen LogP contribution in [-0.2, 0) is 16.3 Å². The van der Waals surface area contributed by atoms with E-state index in [-0.39, 0.29) is 0 Å². The molecule has 0 spiro atoms. The molecular formula is C8F15NO2S. The second-order valence-electron chi connectivity index (χ2n) is 4.42. The summed E-state index contributed by atoms with van der Waals surface area (Å²) in [6.07, 6.45) is -7.71. The van der Waals surface area contributed by atoms with Crippen molar-refractivity contribution in [3.63, 3.8) is 0 Å². The summed E-state index contributed by atoms with van der Waals surface area (Å²) < 4.78 is 201. The lowest BCUT2D eigenvalue weighted by Gasteiger charge is -2.40. The third kappa shape index (κ3) is 3.26. The lowest BCUT2D eigenvalue weighted by molar-refractivity contribution is -0.449. The predicted octanol–water partition coefficient (Wildman–Crippen LogP) is 4.28. The van der Waals surface area contributed by atoms with E-state index in [4.69, 9.17) is 0 Å². The summed E-state index contributed by atoms with van der Waals surface area (Å²) in [5, 5.41) is 0. The molecule has 0 aromatic heterocycles. The third-order valence-corrected chi connectivity index (χ3v) is 2.96. The highest BCUT2D eigenvalue weighted by molar-refractivity contribution is 7.55. The molecule has 0 N–H and O–H groups in total. The number of hydrogen-bond acceptors (Lipinski definition) is 2. The first-order valence-electron chi connectivity index (χ1n) is 5.36. The third-order valence-electron chi connectivity index (χ3n) is 2.72. The molecule has 0 bridgehead atoms. The maximum atomic E-state index is 13.1. The first-order chi connectivity index (χ1) is 11.5. The number of nitrogens with zero attached hydrogens (tertiary/aromatic N) is 1. The average Bonchev–Trinajstić information content (AvgIpc) is 2.45. The van der Waals surface area contributed by atoms with Gasteiger partial charge in [-0.05, 0) is 0 Å². The molecule has 27 heavy (non-hydrogen) atoms. The Morgan fingerprint density at radius 3 is 1.15 bits per heavy atom. The molecule has 0 unspecified atom stereocenters. The van der Waals surface area contributed by atoms with Gasteiger partial charge in [0.1, 0.15) is 0 Å². The summed E-state index contributed by atoms with van der Waals surface area (Å²) in [5.74, 6) is -52.4. The molecule has 0 aliphatic rings. The van der Waals surface area contributed by atoms with Gasteiger partial charge in [-0.3, -0.25) is 4.79 Å². The van der Waals surface area contributed by atoms with E-state index in [2.05, 4.69) is 0 Å². The largest absolute Gasteiger partial charge is 0.460 e. The summed E-state index contributed by atoms with van der Waals surface area (Å²) in [7, 11) is 0. The van der Waals surface area contributed by atoms with Crippen LogP contribution in [0.15, 0.2) is 4.36 Å². The minimum atomic E-state index is -8.49. The molecule has 19 heteroatoms. The second-order valence-corrected chi connectivity index (χ2v) is 4.75. The molecule has 3 nitrogen and oxygen atoms in total. The Morgan fingerprint density at radius 1 is 0.556 bits per heavy atom. The van der Waals surface area contributed by atoms with E-state index in [9.17, 15) is 74.9 Å². The molecular weight excluding hydrogens is 459 g/mol. The van der Waals surface area contributed by atoms with Crippen LogP contribution < -0.4 is 0 Å². The molecule has 0 fully saturated rings. The molecule has 0 heterocycles. The van der Waals surface area contributed by atoms with E-state index < -0.39 is 59.1 Å². The summed E-state index contributed by atoms with van der Waals surface area (Å²) in [5.41, 5.74) is 0. The van der Waals surface area contributed by atoms with Gasteiger partial charge in [0.25, 0.3) is 0 Å². The van der Waals surface area contributed by atoms with Crippen LogP contribution in [-0.4, -0.2) is 51.8 Å². The molecule has 0 aliphatic heterocycles. The Hall–Kier alpha value is -1.56. The van der Waals surface area contributed by atoms with Crippen LogP contribution in [0.1, 0.15) is 0 Å². The second kappa shape index (κ2) is 6.50. The van der Waals surface area contributed by atoms with E-state index >= 15 is 0 Å². The van der Waals surface area contributed by atoms with E-state index in [0.29, 0.717) is 0 Å². The van der Waals surface area contributed by atoms with Crippen molar-refractivity contribution in [3.05, 3.63) is 0 Å². The van der Waals surface area contributed by atoms with E-state index in [0.717, 1.165) is 0 Å². The lowest BCUT2D eigenvalue weighted by atomic mass is 9.91. The zero-order valence-corrected chi connectivity index (χ0v) is 12.2. The number of carbonyl (C=O) groups excluding carboxylic acids is 1. The maximum absolute atomic E-state index is 13.1. The molecule has 0 atom stereocenters. The summed E-state index contributed by atoms with van der Waals surface area (Å²) >= 11 is -1.65. The monoisotopic (exact) mass is 459 g/mol. The fourth-order valence-corrected chi connectivity index (χ4v) is 1.37. The van der Waals surface area contributed by atoms with Crippen molar-refractivity contribution in [2.24, 2.45) is 4.36 Å². The van der Waals surface area contributed by atoms with E-state index in [1.54, 1.807) is 0 Å². The highest BCUT2D eigenvalue weighted by Gasteiger charge is 2.94. The summed E-state index contributed by atoms with van der Waals surface area (Å²) in [4.78, 5) is 10.4. The minimum absolute atomic E-state index is 1.31. The van der Waals surface area contributed by atoms with Crippen molar-refractivity contribution in [2.45, 2.75) is 41.7 Å². The first kappa shape index (κ1) is 25.4. The van der Waals surface area contributed by atoms with Gasteiger partial charge in [-0.2, -0.15) is 70.1 Å². The van der Waals surface area contributed by atoms with Gasteiger partial charge in [0.05, 0.1) is 0 Å². The number of hydrogen-bond donors (Lipinski definition) is 0. The minimum Gasteiger partial charge on any atom is -0.264 e. The number of alkyl halides is 15. The standard InChI is InChI=1S/C8F15NO2S/c9-2(10,1(25)24-27-26)3(11,12)4(13,14)5(15,16)6(17,18)7(19,20)8(21,22)23. The van der Waals surface area contributed by atoms with Gasteiger partial charge in [-0.15, -0.1) is 4.36 Å². The first-order valence-corrected chi connectivity index (χ1v) is 6.06. The molecule has 0 saturated carbocycles. The Balaban J connectivity index is 6.64. The molecule has 0 aliphatic carbocycles. The van der Waals surface area contributed by atoms with E-state index in [1.165, 1.54) is 4.36 Å². The van der Waals surface area contributed by atoms with Crippen molar-refractivity contribution in [1.29, 1.82) is 0 Å². The number of amides is 1. The molecule has 0 radical (unpaired) electrons. The average molecular weight is 459 g/mol.